The molecule has 3 atom stereocenters. The van der Waals surface area contributed by atoms with Gasteiger partial charge in [-0.1, -0.05) is 13.3 Å². The van der Waals surface area contributed by atoms with Gasteiger partial charge >= 0.3 is 5.97 Å². The minimum Gasteiger partial charge on any atom is -0.480 e. The van der Waals surface area contributed by atoms with Crippen LogP contribution in [0.25, 0.3) is 0 Å². The lowest BCUT2D eigenvalue weighted by molar-refractivity contribution is -0.145. The highest BCUT2D eigenvalue weighted by Crippen LogP contribution is 2.29. The van der Waals surface area contributed by atoms with Crippen LogP contribution in [0, 0.1) is 0 Å². The summed E-state index contributed by atoms with van der Waals surface area (Å²) in [5.74, 6) is -0.707. The Kier molecular flexibility index (Phi) is 5.08. The molecule has 2 aliphatic rings. The Morgan fingerprint density at radius 1 is 1.40 bits per heavy atom. The number of hydrogen-bond acceptors (Lipinski definition) is 3. The first-order chi connectivity index (χ1) is 9.46. The fourth-order valence-corrected chi connectivity index (χ4v) is 3.64. The van der Waals surface area contributed by atoms with Gasteiger partial charge in [-0.15, -0.1) is 0 Å². The van der Waals surface area contributed by atoms with Gasteiger partial charge in [0, 0.05) is 18.1 Å². The SMILES string of the molecule is CCC1CCCCN1C(C)CC(C)(NC1CC1)C(=O)O. The van der Waals surface area contributed by atoms with E-state index in [1.165, 1.54) is 25.7 Å². The van der Waals surface area contributed by atoms with E-state index < -0.39 is 11.5 Å². The number of nitrogens with one attached hydrogen (secondary N) is 1. The van der Waals surface area contributed by atoms with Crippen molar-refractivity contribution in [2.75, 3.05) is 6.54 Å². The average molecular weight is 282 g/mol. The maximum atomic E-state index is 11.7. The van der Waals surface area contributed by atoms with Crippen molar-refractivity contribution >= 4 is 5.97 Å². The van der Waals surface area contributed by atoms with E-state index in [0.717, 1.165) is 19.4 Å². The van der Waals surface area contributed by atoms with Gasteiger partial charge in [-0.05, 0) is 58.9 Å². The molecular weight excluding hydrogens is 252 g/mol. The summed E-state index contributed by atoms with van der Waals surface area (Å²) < 4.78 is 0. The van der Waals surface area contributed by atoms with Crippen LogP contribution < -0.4 is 5.32 Å². The van der Waals surface area contributed by atoms with E-state index in [-0.39, 0.29) is 0 Å². The Labute approximate surface area is 122 Å². The molecule has 2 fully saturated rings. The molecule has 1 saturated carbocycles. The molecular formula is C16H30N2O2. The number of rotatable bonds is 7. The largest absolute Gasteiger partial charge is 0.480 e. The molecule has 1 aliphatic carbocycles. The number of piperidine rings is 1. The highest BCUT2D eigenvalue weighted by molar-refractivity contribution is 5.78. The van der Waals surface area contributed by atoms with E-state index in [0.29, 0.717) is 24.5 Å². The van der Waals surface area contributed by atoms with Crippen molar-refractivity contribution in [3.05, 3.63) is 0 Å². The lowest BCUT2D eigenvalue weighted by Gasteiger charge is -2.42. The second kappa shape index (κ2) is 6.44. The lowest BCUT2D eigenvalue weighted by atomic mass is 9.89. The molecule has 3 unspecified atom stereocenters. The summed E-state index contributed by atoms with van der Waals surface area (Å²) in [5, 5.41) is 12.9. The van der Waals surface area contributed by atoms with Gasteiger partial charge in [0.25, 0.3) is 0 Å². The molecule has 0 aromatic heterocycles. The molecule has 2 N–H and O–H groups in total. The number of carboxylic acid groups (broad SMARTS) is 1. The second-order valence-electron chi connectivity index (χ2n) is 6.90. The van der Waals surface area contributed by atoms with E-state index in [1.807, 2.05) is 6.92 Å². The number of carboxylic acids is 1. The summed E-state index contributed by atoms with van der Waals surface area (Å²) in [6.07, 6.45) is 7.94. The second-order valence-corrected chi connectivity index (χ2v) is 6.90. The van der Waals surface area contributed by atoms with E-state index in [1.54, 1.807) is 0 Å². The van der Waals surface area contributed by atoms with Gasteiger partial charge in [0.1, 0.15) is 5.54 Å². The molecule has 4 heteroatoms. The van der Waals surface area contributed by atoms with E-state index in [4.69, 9.17) is 0 Å². The van der Waals surface area contributed by atoms with Crippen LogP contribution in [-0.2, 0) is 4.79 Å². The topological polar surface area (TPSA) is 52.6 Å². The van der Waals surface area contributed by atoms with Gasteiger partial charge in [0.15, 0.2) is 0 Å². The number of likely N-dealkylation sites (tertiary alicyclic amines) is 1. The Hall–Kier alpha value is -0.610. The van der Waals surface area contributed by atoms with Crippen LogP contribution in [0.15, 0.2) is 0 Å². The summed E-state index contributed by atoms with van der Waals surface area (Å²) in [4.78, 5) is 14.2. The number of hydrogen-bond donors (Lipinski definition) is 2. The van der Waals surface area contributed by atoms with Crippen LogP contribution in [0.5, 0.6) is 0 Å². The fourth-order valence-electron chi connectivity index (χ4n) is 3.64. The van der Waals surface area contributed by atoms with E-state index in [2.05, 4.69) is 24.1 Å². The smallest absolute Gasteiger partial charge is 0.323 e. The third-order valence-corrected chi connectivity index (χ3v) is 4.99. The minimum atomic E-state index is -0.781. The predicted octanol–water partition coefficient (Wildman–Crippen LogP) is 2.62. The Balaban J connectivity index is 1.99. The van der Waals surface area contributed by atoms with Crippen molar-refractivity contribution in [2.24, 2.45) is 0 Å². The first-order valence-electron chi connectivity index (χ1n) is 8.23. The van der Waals surface area contributed by atoms with Gasteiger partial charge in [0.05, 0.1) is 0 Å². The van der Waals surface area contributed by atoms with Crippen molar-refractivity contribution in [3.8, 4) is 0 Å². The van der Waals surface area contributed by atoms with Gasteiger partial charge in [-0.3, -0.25) is 15.0 Å². The predicted molar refractivity (Wildman–Crippen MR) is 80.9 cm³/mol. The zero-order valence-corrected chi connectivity index (χ0v) is 13.2. The van der Waals surface area contributed by atoms with Gasteiger partial charge in [-0.25, -0.2) is 0 Å². The van der Waals surface area contributed by atoms with Crippen LogP contribution in [0.4, 0.5) is 0 Å². The van der Waals surface area contributed by atoms with Crippen LogP contribution in [-0.4, -0.2) is 46.2 Å². The monoisotopic (exact) mass is 282 g/mol. The summed E-state index contributed by atoms with van der Waals surface area (Å²) in [6, 6.07) is 1.39. The average Bonchev–Trinajstić information content (AvgIpc) is 3.22. The summed E-state index contributed by atoms with van der Waals surface area (Å²) in [7, 11) is 0. The van der Waals surface area contributed by atoms with Crippen molar-refractivity contribution < 1.29 is 9.90 Å². The van der Waals surface area contributed by atoms with Crippen molar-refractivity contribution in [1.82, 2.24) is 10.2 Å². The molecule has 1 aliphatic heterocycles. The van der Waals surface area contributed by atoms with Crippen molar-refractivity contribution in [2.45, 2.75) is 89.4 Å². The van der Waals surface area contributed by atoms with Crippen LogP contribution in [0.2, 0.25) is 0 Å². The molecule has 0 aromatic rings. The molecule has 0 radical (unpaired) electrons. The van der Waals surface area contributed by atoms with Crippen LogP contribution in [0.3, 0.4) is 0 Å². The minimum absolute atomic E-state index is 0.326. The highest BCUT2D eigenvalue weighted by Gasteiger charge is 2.41. The third kappa shape index (κ3) is 3.73. The zero-order chi connectivity index (χ0) is 14.8. The van der Waals surface area contributed by atoms with E-state index in [9.17, 15) is 9.90 Å². The molecule has 0 bridgehead atoms. The third-order valence-electron chi connectivity index (χ3n) is 4.99. The molecule has 1 heterocycles. The molecule has 0 spiro atoms. The molecule has 4 nitrogen and oxygen atoms in total. The van der Waals surface area contributed by atoms with Crippen molar-refractivity contribution in [1.29, 1.82) is 0 Å². The Morgan fingerprint density at radius 3 is 2.65 bits per heavy atom. The molecule has 0 aromatic carbocycles. The maximum Gasteiger partial charge on any atom is 0.323 e. The normalized spacial score (nSPS) is 28.9. The zero-order valence-electron chi connectivity index (χ0n) is 13.2. The summed E-state index contributed by atoms with van der Waals surface area (Å²) in [6.45, 7) is 7.42. The Morgan fingerprint density at radius 2 is 2.10 bits per heavy atom. The molecule has 0 amide bonds. The number of nitrogens with zero attached hydrogens (tertiary/aromatic N) is 1. The van der Waals surface area contributed by atoms with Crippen LogP contribution in [0.1, 0.15) is 65.7 Å². The van der Waals surface area contributed by atoms with Gasteiger partial charge < -0.3 is 5.11 Å². The molecule has 116 valence electrons. The fraction of sp³-hybridized carbons (Fsp3) is 0.938. The van der Waals surface area contributed by atoms with Gasteiger partial charge in [0.2, 0.25) is 0 Å². The molecule has 20 heavy (non-hydrogen) atoms. The standard InChI is InChI=1S/C16H30N2O2/c1-4-14-7-5-6-10-18(14)12(2)11-16(3,15(19)20)17-13-8-9-13/h12-14,17H,4-11H2,1-3H3,(H,19,20). The summed E-state index contributed by atoms with van der Waals surface area (Å²) >= 11 is 0. The van der Waals surface area contributed by atoms with E-state index >= 15 is 0 Å². The maximum absolute atomic E-state index is 11.7. The van der Waals surface area contributed by atoms with Gasteiger partial charge in [-0.2, -0.15) is 0 Å². The summed E-state index contributed by atoms with van der Waals surface area (Å²) in [5.41, 5.74) is -0.781. The first-order valence-corrected chi connectivity index (χ1v) is 8.23. The number of carbonyl (C=O) groups is 1. The Bertz CT molecular complexity index is 343. The highest BCUT2D eigenvalue weighted by atomic mass is 16.4. The lowest BCUT2D eigenvalue weighted by Crippen LogP contribution is -2.56. The van der Waals surface area contributed by atoms with Crippen molar-refractivity contribution in [3.63, 3.8) is 0 Å². The molecule has 2 rings (SSSR count). The quantitative estimate of drug-likeness (QED) is 0.753. The van der Waals surface area contributed by atoms with Crippen LogP contribution >= 0.6 is 0 Å². The number of aliphatic carboxylic acids is 1. The first kappa shape index (κ1) is 15.8. The molecule has 1 saturated heterocycles.